The van der Waals surface area contributed by atoms with E-state index in [2.05, 4.69) is 15.0 Å². The van der Waals surface area contributed by atoms with Crippen molar-refractivity contribution in [1.29, 1.82) is 0 Å². The summed E-state index contributed by atoms with van der Waals surface area (Å²) in [7, 11) is 1.35. The van der Waals surface area contributed by atoms with E-state index in [4.69, 9.17) is 10.5 Å². The Bertz CT molecular complexity index is 850. The summed E-state index contributed by atoms with van der Waals surface area (Å²) in [6.07, 6.45) is 5.05. The van der Waals surface area contributed by atoms with Crippen LogP contribution in [-0.2, 0) is 4.74 Å². The van der Waals surface area contributed by atoms with Crippen LogP contribution in [0.25, 0.3) is 22.4 Å². The molecule has 0 aliphatic carbocycles. The van der Waals surface area contributed by atoms with E-state index < -0.39 is 5.97 Å². The lowest BCUT2D eigenvalue weighted by Crippen LogP contribution is -2.02. The van der Waals surface area contributed by atoms with Gasteiger partial charge in [-0.2, -0.15) is 0 Å². The van der Waals surface area contributed by atoms with Crippen molar-refractivity contribution in [3.63, 3.8) is 0 Å². The fourth-order valence-corrected chi connectivity index (χ4v) is 2.27. The highest BCUT2D eigenvalue weighted by Gasteiger charge is 2.13. The molecule has 0 radical (unpaired) electrons. The molecule has 114 valence electrons. The van der Waals surface area contributed by atoms with E-state index in [0.717, 1.165) is 16.7 Å². The molecule has 2 N–H and O–H groups in total. The van der Waals surface area contributed by atoms with E-state index in [-0.39, 0.29) is 5.95 Å². The van der Waals surface area contributed by atoms with Crippen LogP contribution in [-0.4, -0.2) is 28.0 Å². The number of nitrogens with two attached hydrogens (primary N) is 1. The van der Waals surface area contributed by atoms with E-state index in [1.807, 2.05) is 18.2 Å². The average molecular weight is 306 g/mol. The molecule has 0 atom stereocenters. The first-order valence-corrected chi connectivity index (χ1v) is 6.90. The number of methoxy groups -OCH3 is 1. The highest BCUT2D eigenvalue weighted by atomic mass is 16.5. The van der Waals surface area contributed by atoms with Gasteiger partial charge in [0.05, 0.1) is 18.4 Å². The SMILES string of the molecule is COC(=O)c1cccc(-c2nc(N)ncc2-c2ccncc2)c1. The van der Waals surface area contributed by atoms with E-state index in [9.17, 15) is 4.79 Å². The summed E-state index contributed by atoms with van der Waals surface area (Å²) >= 11 is 0. The zero-order valence-electron chi connectivity index (χ0n) is 12.4. The van der Waals surface area contributed by atoms with Gasteiger partial charge in [0.1, 0.15) is 0 Å². The molecule has 6 heteroatoms. The number of hydrogen-bond donors (Lipinski definition) is 1. The highest BCUT2D eigenvalue weighted by Crippen LogP contribution is 2.30. The second-order valence-corrected chi connectivity index (χ2v) is 4.80. The Balaban J connectivity index is 2.16. The molecule has 0 aliphatic heterocycles. The fourth-order valence-electron chi connectivity index (χ4n) is 2.27. The minimum atomic E-state index is -0.403. The van der Waals surface area contributed by atoms with Crippen LogP contribution < -0.4 is 5.73 Å². The van der Waals surface area contributed by atoms with E-state index in [1.165, 1.54) is 7.11 Å². The standard InChI is InChI=1S/C17H14N4O2/c1-23-16(22)13-4-2-3-12(9-13)15-14(10-20-17(18)21-15)11-5-7-19-8-6-11/h2-10H,1H3,(H2,18,20,21). The maximum atomic E-state index is 11.7. The molecule has 0 saturated heterocycles. The Hall–Kier alpha value is -3.28. The van der Waals surface area contributed by atoms with Gasteiger partial charge in [-0.3, -0.25) is 4.98 Å². The van der Waals surface area contributed by atoms with Crippen molar-refractivity contribution in [1.82, 2.24) is 15.0 Å². The van der Waals surface area contributed by atoms with E-state index in [1.54, 1.807) is 36.8 Å². The molecular formula is C17H14N4O2. The number of carbonyl (C=O) groups is 1. The summed E-state index contributed by atoms with van der Waals surface area (Å²) < 4.78 is 4.76. The highest BCUT2D eigenvalue weighted by molar-refractivity contribution is 5.92. The first-order valence-electron chi connectivity index (χ1n) is 6.90. The number of carbonyl (C=O) groups excluding carboxylic acids is 1. The van der Waals surface area contributed by atoms with Gasteiger partial charge in [0.15, 0.2) is 0 Å². The summed E-state index contributed by atoms with van der Waals surface area (Å²) in [5.74, 6) is -0.236. The van der Waals surface area contributed by atoms with Gasteiger partial charge in [0.2, 0.25) is 5.95 Å². The minimum absolute atomic E-state index is 0.168. The third-order valence-corrected chi connectivity index (χ3v) is 3.36. The average Bonchev–Trinajstić information content (AvgIpc) is 2.62. The van der Waals surface area contributed by atoms with Crippen molar-refractivity contribution >= 4 is 11.9 Å². The third-order valence-electron chi connectivity index (χ3n) is 3.36. The number of hydrogen-bond acceptors (Lipinski definition) is 6. The maximum absolute atomic E-state index is 11.7. The Morgan fingerprint density at radius 2 is 1.91 bits per heavy atom. The molecule has 1 aromatic carbocycles. The lowest BCUT2D eigenvalue weighted by atomic mass is 10.0. The van der Waals surface area contributed by atoms with Crippen LogP contribution in [0, 0.1) is 0 Å². The summed E-state index contributed by atoms with van der Waals surface area (Å²) in [5, 5.41) is 0. The summed E-state index contributed by atoms with van der Waals surface area (Å²) in [6, 6.07) is 10.8. The van der Waals surface area contributed by atoms with Crippen molar-refractivity contribution in [3.8, 4) is 22.4 Å². The number of rotatable bonds is 3. The smallest absolute Gasteiger partial charge is 0.337 e. The Labute approximate surface area is 133 Å². The minimum Gasteiger partial charge on any atom is -0.465 e. The Morgan fingerprint density at radius 1 is 1.13 bits per heavy atom. The second-order valence-electron chi connectivity index (χ2n) is 4.80. The number of ether oxygens (including phenoxy) is 1. The van der Waals surface area contributed by atoms with Gasteiger partial charge >= 0.3 is 5.97 Å². The third kappa shape index (κ3) is 3.01. The summed E-state index contributed by atoms with van der Waals surface area (Å²) in [4.78, 5) is 24.2. The van der Waals surface area contributed by atoms with Crippen LogP contribution in [0.5, 0.6) is 0 Å². The van der Waals surface area contributed by atoms with Crippen LogP contribution in [0.2, 0.25) is 0 Å². The quantitative estimate of drug-likeness (QED) is 0.748. The van der Waals surface area contributed by atoms with Gasteiger partial charge in [0.25, 0.3) is 0 Å². The zero-order valence-corrected chi connectivity index (χ0v) is 12.4. The predicted molar refractivity (Wildman–Crippen MR) is 86.5 cm³/mol. The van der Waals surface area contributed by atoms with Crippen molar-refractivity contribution < 1.29 is 9.53 Å². The molecule has 0 amide bonds. The van der Waals surface area contributed by atoms with Crippen molar-refractivity contribution in [2.45, 2.75) is 0 Å². The van der Waals surface area contributed by atoms with Crippen LogP contribution in [0.1, 0.15) is 10.4 Å². The first-order chi connectivity index (χ1) is 11.2. The molecule has 2 aromatic heterocycles. The number of anilines is 1. The van der Waals surface area contributed by atoms with Gasteiger partial charge in [-0.25, -0.2) is 14.8 Å². The number of benzene rings is 1. The van der Waals surface area contributed by atoms with Gasteiger partial charge in [0, 0.05) is 29.7 Å². The number of nitrogen functional groups attached to an aromatic ring is 1. The molecule has 2 heterocycles. The molecule has 6 nitrogen and oxygen atoms in total. The fraction of sp³-hybridized carbons (Fsp3) is 0.0588. The maximum Gasteiger partial charge on any atom is 0.337 e. The van der Waals surface area contributed by atoms with Crippen LogP contribution in [0.4, 0.5) is 5.95 Å². The summed E-state index contributed by atoms with van der Waals surface area (Å²) in [5.41, 5.74) is 9.32. The van der Waals surface area contributed by atoms with Crippen LogP contribution >= 0.6 is 0 Å². The zero-order chi connectivity index (χ0) is 16.2. The number of esters is 1. The molecule has 0 fully saturated rings. The molecule has 0 saturated carbocycles. The van der Waals surface area contributed by atoms with Crippen molar-refractivity contribution in [2.75, 3.05) is 12.8 Å². The predicted octanol–water partition coefficient (Wildman–Crippen LogP) is 2.57. The van der Waals surface area contributed by atoms with E-state index >= 15 is 0 Å². The van der Waals surface area contributed by atoms with Crippen molar-refractivity contribution in [2.24, 2.45) is 0 Å². The number of nitrogens with zero attached hydrogens (tertiary/aromatic N) is 3. The Kier molecular flexibility index (Phi) is 3.97. The molecular weight excluding hydrogens is 292 g/mol. The molecule has 23 heavy (non-hydrogen) atoms. The molecule has 0 aliphatic rings. The monoisotopic (exact) mass is 306 g/mol. The molecule has 3 rings (SSSR count). The second kappa shape index (κ2) is 6.23. The van der Waals surface area contributed by atoms with Crippen LogP contribution in [0.3, 0.4) is 0 Å². The Morgan fingerprint density at radius 3 is 2.65 bits per heavy atom. The first kappa shape index (κ1) is 14.6. The lowest BCUT2D eigenvalue weighted by Gasteiger charge is -2.10. The number of pyridine rings is 1. The summed E-state index contributed by atoms with van der Waals surface area (Å²) in [6.45, 7) is 0. The van der Waals surface area contributed by atoms with Gasteiger partial charge in [-0.1, -0.05) is 12.1 Å². The lowest BCUT2D eigenvalue weighted by molar-refractivity contribution is 0.0601. The van der Waals surface area contributed by atoms with Crippen molar-refractivity contribution in [3.05, 3.63) is 60.6 Å². The largest absolute Gasteiger partial charge is 0.465 e. The molecule has 0 spiro atoms. The molecule has 0 bridgehead atoms. The van der Waals surface area contributed by atoms with Crippen LogP contribution in [0.15, 0.2) is 55.0 Å². The van der Waals surface area contributed by atoms with Gasteiger partial charge in [-0.05, 0) is 29.8 Å². The van der Waals surface area contributed by atoms with Gasteiger partial charge in [-0.15, -0.1) is 0 Å². The van der Waals surface area contributed by atoms with Gasteiger partial charge < -0.3 is 10.5 Å². The molecule has 3 aromatic rings. The van der Waals surface area contributed by atoms with E-state index in [0.29, 0.717) is 11.3 Å². The normalized spacial score (nSPS) is 10.3. The topological polar surface area (TPSA) is 91.0 Å². The number of aromatic nitrogens is 3. The molecule has 0 unspecified atom stereocenters.